The summed E-state index contributed by atoms with van der Waals surface area (Å²) in [6, 6.07) is 0. The van der Waals surface area contributed by atoms with Gasteiger partial charge in [0, 0.05) is 0 Å². The Morgan fingerprint density at radius 1 is 1.20 bits per heavy atom. The second-order valence-corrected chi connectivity index (χ2v) is 6.22. The van der Waals surface area contributed by atoms with E-state index in [4.69, 9.17) is 0 Å². The van der Waals surface area contributed by atoms with E-state index >= 15 is 0 Å². The molecule has 3 unspecified atom stereocenters. The monoisotopic (exact) mass is 210 g/mol. The molecule has 15 heavy (non-hydrogen) atoms. The second-order valence-electron chi connectivity index (χ2n) is 6.22. The summed E-state index contributed by atoms with van der Waals surface area (Å²) in [7, 11) is 0. The van der Waals surface area contributed by atoms with Gasteiger partial charge in [-0.1, -0.05) is 60.3 Å². The van der Waals surface area contributed by atoms with Crippen LogP contribution >= 0.6 is 0 Å². The Hall–Kier alpha value is 0. The molecule has 0 bridgehead atoms. The molecule has 0 heterocycles. The predicted molar refractivity (Wildman–Crippen MR) is 69.0 cm³/mol. The Bertz CT molecular complexity index is 180. The van der Waals surface area contributed by atoms with Crippen LogP contribution in [-0.4, -0.2) is 0 Å². The van der Waals surface area contributed by atoms with Crippen molar-refractivity contribution in [1.82, 2.24) is 0 Å². The van der Waals surface area contributed by atoms with Crippen LogP contribution in [0.4, 0.5) is 0 Å². The van der Waals surface area contributed by atoms with E-state index in [9.17, 15) is 0 Å². The summed E-state index contributed by atoms with van der Waals surface area (Å²) in [4.78, 5) is 0. The van der Waals surface area contributed by atoms with Crippen LogP contribution in [0.1, 0.15) is 73.1 Å². The smallest absolute Gasteiger partial charge is 0.0298 e. The van der Waals surface area contributed by atoms with Crippen LogP contribution in [0.2, 0.25) is 0 Å². The zero-order valence-corrected chi connectivity index (χ0v) is 11.5. The second kappa shape index (κ2) is 5.37. The first kappa shape index (κ1) is 13.1. The largest absolute Gasteiger partial charge is 0.0654 e. The molecular weight excluding hydrogens is 180 g/mol. The number of unbranched alkanes of at least 4 members (excludes halogenated alkanes) is 1. The van der Waals surface area contributed by atoms with Crippen molar-refractivity contribution in [2.45, 2.75) is 73.1 Å². The molecule has 0 nitrogen and oxygen atoms in total. The maximum Gasteiger partial charge on any atom is -0.0298 e. The Labute approximate surface area is 96.8 Å². The van der Waals surface area contributed by atoms with Gasteiger partial charge in [-0.25, -0.2) is 0 Å². The van der Waals surface area contributed by atoms with Crippen LogP contribution in [0, 0.1) is 23.2 Å². The Morgan fingerprint density at radius 3 is 2.27 bits per heavy atom. The molecule has 0 aliphatic heterocycles. The van der Waals surface area contributed by atoms with Crippen LogP contribution in [0.15, 0.2) is 0 Å². The summed E-state index contributed by atoms with van der Waals surface area (Å²) in [6.45, 7) is 12.1. The van der Waals surface area contributed by atoms with Crippen molar-refractivity contribution in [2.75, 3.05) is 0 Å². The highest BCUT2D eigenvalue weighted by Gasteiger charge is 2.43. The fourth-order valence-electron chi connectivity index (χ4n) is 3.25. The standard InChI is InChI=1S/C15H30/c1-6-8-9-13-10-11-14(13)15(4,5)12(3)7-2/h12-14H,6-11H2,1-5H3. The minimum Gasteiger partial charge on any atom is -0.0654 e. The van der Waals surface area contributed by atoms with Crippen molar-refractivity contribution in [1.29, 1.82) is 0 Å². The summed E-state index contributed by atoms with van der Waals surface area (Å²) in [5, 5.41) is 0. The molecule has 0 aromatic rings. The molecule has 0 radical (unpaired) electrons. The van der Waals surface area contributed by atoms with Crippen molar-refractivity contribution in [3.05, 3.63) is 0 Å². The summed E-state index contributed by atoms with van der Waals surface area (Å²) in [5.41, 5.74) is 0.575. The van der Waals surface area contributed by atoms with Gasteiger partial charge in [-0.15, -0.1) is 0 Å². The average Bonchev–Trinajstić information content (AvgIpc) is 2.14. The third-order valence-electron chi connectivity index (χ3n) is 5.18. The van der Waals surface area contributed by atoms with Gasteiger partial charge in [0.05, 0.1) is 0 Å². The highest BCUT2D eigenvalue weighted by Crippen LogP contribution is 2.52. The van der Waals surface area contributed by atoms with E-state index in [1.165, 1.54) is 38.5 Å². The van der Waals surface area contributed by atoms with E-state index in [0.717, 1.165) is 17.8 Å². The van der Waals surface area contributed by atoms with E-state index < -0.39 is 0 Å². The van der Waals surface area contributed by atoms with Gasteiger partial charge in [0.15, 0.2) is 0 Å². The quantitative estimate of drug-likeness (QED) is 0.560. The SMILES string of the molecule is CCCCC1CCC1C(C)(C)C(C)CC. The van der Waals surface area contributed by atoms with E-state index in [2.05, 4.69) is 34.6 Å². The lowest BCUT2D eigenvalue weighted by atomic mass is 9.55. The molecule has 1 saturated carbocycles. The topological polar surface area (TPSA) is 0 Å². The van der Waals surface area contributed by atoms with E-state index in [0.29, 0.717) is 5.41 Å². The van der Waals surface area contributed by atoms with Gasteiger partial charge in [-0.3, -0.25) is 0 Å². The summed E-state index contributed by atoms with van der Waals surface area (Å²) in [6.07, 6.45) is 8.63. The minimum absolute atomic E-state index is 0.575. The Kier molecular flexibility index (Phi) is 4.67. The molecule has 0 aromatic heterocycles. The molecule has 0 spiro atoms. The number of rotatable bonds is 6. The van der Waals surface area contributed by atoms with Crippen molar-refractivity contribution < 1.29 is 0 Å². The Morgan fingerprint density at radius 2 is 1.87 bits per heavy atom. The maximum atomic E-state index is 2.50. The summed E-state index contributed by atoms with van der Waals surface area (Å²) >= 11 is 0. The lowest BCUT2D eigenvalue weighted by Gasteiger charge is -2.50. The zero-order chi connectivity index (χ0) is 11.5. The van der Waals surface area contributed by atoms with Gasteiger partial charge in [-0.05, 0) is 36.0 Å². The molecule has 1 fully saturated rings. The van der Waals surface area contributed by atoms with Gasteiger partial charge < -0.3 is 0 Å². The van der Waals surface area contributed by atoms with Crippen LogP contribution in [0.5, 0.6) is 0 Å². The summed E-state index contributed by atoms with van der Waals surface area (Å²) in [5.74, 6) is 2.94. The highest BCUT2D eigenvalue weighted by atomic mass is 14.5. The van der Waals surface area contributed by atoms with E-state index in [1.807, 2.05) is 0 Å². The van der Waals surface area contributed by atoms with Crippen LogP contribution in [-0.2, 0) is 0 Å². The third kappa shape index (κ3) is 2.77. The number of hydrogen-bond donors (Lipinski definition) is 0. The van der Waals surface area contributed by atoms with Gasteiger partial charge in [-0.2, -0.15) is 0 Å². The van der Waals surface area contributed by atoms with Crippen LogP contribution in [0.3, 0.4) is 0 Å². The molecule has 0 heteroatoms. The van der Waals surface area contributed by atoms with Crippen molar-refractivity contribution >= 4 is 0 Å². The van der Waals surface area contributed by atoms with Crippen molar-refractivity contribution in [2.24, 2.45) is 23.2 Å². The lowest BCUT2D eigenvalue weighted by molar-refractivity contribution is -0.00296. The third-order valence-corrected chi connectivity index (χ3v) is 5.18. The number of hydrogen-bond acceptors (Lipinski definition) is 0. The van der Waals surface area contributed by atoms with Gasteiger partial charge >= 0.3 is 0 Å². The highest BCUT2D eigenvalue weighted by molar-refractivity contribution is 4.92. The van der Waals surface area contributed by atoms with E-state index in [-0.39, 0.29) is 0 Å². The average molecular weight is 210 g/mol. The molecule has 0 aromatic carbocycles. The summed E-state index contributed by atoms with van der Waals surface area (Å²) < 4.78 is 0. The minimum atomic E-state index is 0.575. The molecule has 1 rings (SSSR count). The van der Waals surface area contributed by atoms with Gasteiger partial charge in [0.2, 0.25) is 0 Å². The molecule has 0 saturated heterocycles. The Balaban J connectivity index is 2.48. The first-order chi connectivity index (χ1) is 7.04. The van der Waals surface area contributed by atoms with Crippen molar-refractivity contribution in [3.63, 3.8) is 0 Å². The van der Waals surface area contributed by atoms with Crippen LogP contribution in [0.25, 0.3) is 0 Å². The molecule has 1 aliphatic rings. The fourth-order valence-corrected chi connectivity index (χ4v) is 3.25. The zero-order valence-electron chi connectivity index (χ0n) is 11.5. The predicted octanol–water partition coefficient (Wildman–Crippen LogP) is 5.28. The van der Waals surface area contributed by atoms with Gasteiger partial charge in [0.25, 0.3) is 0 Å². The molecule has 90 valence electrons. The maximum absolute atomic E-state index is 2.50. The van der Waals surface area contributed by atoms with Gasteiger partial charge in [0.1, 0.15) is 0 Å². The van der Waals surface area contributed by atoms with E-state index in [1.54, 1.807) is 0 Å². The lowest BCUT2D eigenvalue weighted by Crippen LogP contribution is -2.41. The molecule has 3 atom stereocenters. The first-order valence-corrected chi connectivity index (χ1v) is 7.04. The van der Waals surface area contributed by atoms with Crippen LogP contribution < -0.4 is 0 Å². The molecule has 0 N–H and O–H groups in total. The molecular formula is C15H30. The van der Waals surface area contributed by atoms with Crippen molar-refractivity contribution in [3.8, 4) is 0 Å². The fraction of sp³-hybridized carbons (Fsp3) is 1.00. The molecule has 1 aliphatic carbocycles. The molecule has 0 amide bonds. The first-order valence-electron chi connectivity index (χ1n) is 7.04. The normalized spacial score (nSPS) is 28.6.